The first kappa shape index (κ1) is 11.8. The molecule has 0 spiro atoms. The van der Waals surface area contributed by atoms with E-state index in [1.165, 1.54) is 0 Å². The number of nitrogens with zero attached hydrogens (tertiary/aromatic N) is 1. The number of rotatable bonds is 3. The highest BCUT2D eigenvalue weighted by Gasteiger charge is 2.12. The van der Waals surface area contributed by atoms with Gasteiger partial charge in [0, 0.05) is 22.0 Å². The van der Waals surface area contributed by atoms with Crippen molar-refractivity contribution in [1.82, 2.24) is 4.98 Å². The first-order chi connectivity index (χ1) is 7.66. The molecule has 2 aromatic rings. The van der Waals surface area contributed by atoms with Crippen molar-refractivity contribution >= 4 is 27.3 Å². The van der Waals surface area contributed by atoms with E-state index in [4.69, 9.17) is 0 Å². The van der Waals surface area contributed by atoms with Gasteiger partial charge in [0.1, 0.15) is 0 Å². The van der Waals surface area contributed by atoms with Gasteiger partial charge in [-0.15, -0.1) is 11.3 Å². The normalized spacial score (nSPS) is 12.7. The van der Waals surface area contributed by atoms with Crippen LogP contribution in [0.2, 0.25) is 0 Å². The zero-order valence-electron chi connectivity index (χ0n) is 8.85. The molecule has 0 fully saturated rings. The predicted octanol–water partition coefficient (Wildman–Crippen LogP) is 3.49. The summed E-state index contributed by atoms with van der Waals surface area (Å²) in [6.07, 6.45) is 1.94. The first-order valence-corrected chi connectivity index (χ1v) is 6.65. The number of aliphatic hydroxyl groups is 1. The molecule has 1 aromatic heterocycles. The maximum Gasteiger partial charge on any atom is 0.0849 e. The van der Waals surface area contributed by atoms with Gasteiger partial charge >= 0.3 is 0 Å². The highest BCUT2D eigenvalue weighted by atomic mass is 79.9. The van der Waals surface area contributed by atoms with Gasteiger partial charge in [-0.2, -0.15) is 0 Å². The average molecular weight is 298 g/mol. The monoisotopic (exact) mass is 297 g/mol. The summed E-state index contributed by atoms with van der Waals surface area (Å²) < 4.78 is 0.954. The van der Waals surface area contributed by atoms with Crippen LogP contribution < -0.4 is 0 Å². The SMILES string of the molecule is Cc1ccc(Br)c(C(O)Cc2cncs2)c1. The van der Waals surface area contributed by atoms with Crippen LogP contribution in [0, 0.1) is 6.92 Å². The smallest absolute Gasteiger partial charge is 0.0849 e. The molecule has 1 N–H and O–H groups in total. The summed E-state index contributed by atoms with van der Waals surface area (Å²) >= 11 is 5.03. The van der Waals surface area contributed by atoms with Crippen LogP contribution in [0.4, 0.5) is 0 Å². The number of benzene rings is 1. The Kier molecular flexibility index (Phi) is 3.74. The molecule has 1 atom stereocenters. The van der Waals surface area contributed by atoms with Crippen molar-refractivity contribution in [3.05, 3.63) is 50.4 Å². The van der Waals surface area contributed by atoms with Crippen molar-refractivity contribution < 1.29 is 5.11 Å². The molecule has 0 amide bonds. The molecule has 0 saturated heterocycles. The zero-order chi connectivity index (χ0) is 11.5. The van der Waals surface area contributed by atoms with E-state index in [1.54, 1.807) is 23.0 Å². The Labute approximate surface area is 107 Å². The molecule has 1 aromatic carbocycles. The van der Waals surface area contributed by atoms with E-state index in [0.717, 1.165) is 20.5 Å². The lowest BCUT2D eigenvalue weighted by Crippen LogP contribution is -2.02. The number of hydrogen-bond acceptors (Lipinski definition) is 3. The molecule has 0 aliphatic rings. The third-order valence-electron chi connectivity index (χ3n) is 2.39. The van der Waals surface area contributed by atoms with Crippen molar-refractivity contribution in [2.75, 3.05) is 0 Å². The Morgan fingerprint density at radius 1 is 1.50 bits per heavy atom. The lowest BCUT2D eigenvalue weighted by Gasteiger charge is -2.12. The maximum atomic E-state index is 10.1. The zero-order valence-corrected chi connectivity index (χ0v) is 11.3. The highest BCUT2D eigenvalue weighted by molar-refractivity contribution is 9.10. The molecule has 0 saturated carbocycles. The summed E-state index contributed by atoms with van der Waals surface area (Å²) in [7, 11) is 0. The second-order valence-corrected chi connectivity index (χ2v) is 5.54. The average Bonchev–Trinajstić information content (AvgIpc) is 2.74. The number of aromatic nitrogens is 1. The first-order valence-electron chi connectivity index (χ1n) is 4.98. The van der Waals surface area contributed by atoms with Crippen LogP contribution in [0.3, 0.4) is 0 Å². The molecule has 0 aliphatic heterocycles. The van der Waals surface area contributed by atoms with Crippen molar-refractivity contribution in [3.63, 3.8) is 0 Å². The summed E-state index contributed by atoms with van der Waals surface area (Å²) in [5, 5.41) is 10.1. The minimum atomic E-state index is -0.477. The van der Waals surface area contributed by atoms with E-state index in [0.29, 0.717) is 6.42 Å². The van der Waals surface area contributed by atoms with Crippen molar-refractivity contribution in [2.24, 2.45) is 0 Å². The molecule has 1 unspecified atom stereocenters. The Hall–Kier alpha value is -0.710. The highest BCUT2D eigenvalue weighted by Crippen LogP contribution is 2.27. The number of hydrogen-bond donors (Lipinski definition) is 1. The third kappa shape index (κ3) is 2.70. The van der Waals surface area contributed by atoms with Crippen LogP contribution in [-0.2, 0) is 6.42 Å². The fourth-order valence-electron chi connectivity index (χ4n) is 1.56. The van der Waals surface area contributed by atoms with Gasteiger partial charge in [0.05, 0.1) is 11.6 Å². The second-order valence-electron chi connectivity index (χ2n) is 3.71. The van der Waals surface area contributed by atoms with Crippen LogP contribution in [0.5, 0.6) is 0 Å². The molecule has 2 rings (SSSR count). The largest absolute Gasteiger partial charge is 0.388 e. The molecule has 84 valence electrons. The Morgan fingerprint density at radius 3 is 3.00 bits per heavy atom. The van der Waals surface area contributed by atoms with Crippen LogP contribution in [0.15, 0.2) is 34.4 Å². The minimum Gasteiger partial charge on any atom is -0.388 e. The van der Waals surface area contributed by atoms with E-state index in [2.05, 4.69) is 20.9 Å². The molecule has 2 nitrogen and oxygen atoms in total. The number of halogens is 1. The van der Waals surface area contributed by atoms with Crippen molar-refractivity contribution in [3.8, 4) is 0 Å². The van der Waals surface area contributed by atoms with Crippen LogP contribution >= 0.6 is 27.3 Å². The molecule has 0 radical (unpaired) electrons. The summed E-state index contributed by atoms with van der Waals surface area (Å²) in [5.41, 5.74) is 3.88. The van der Waals surface area contributed by atoms with Crippen LogP contribution in [0.25, 0.3) is 0 Å². The van der Waals surface area contributed by atoms with Gasteiger partial charge in [-0.25, -0.2) is 0 Å². The Morgan fingerprint density at radius 2 is 2.31 bits per heavy atom. The lowest BCUT2D eigenvalue weighted by atomic mass is 10.0. The number of thiazole rings is 1. The summed E-state index contributed by atoms with van der Waals surface area (Å²) in [6, 6.07) is 6.00. The van der Waals surface area contributed by atoms with E-state index < -0.39 is 6.10 Å². The third-order valence-corrected chi connectivity index (χ3v) is 3.91. The Bertz CT molecular complexity index is 470. The van der Waals surface area contributed by atoms with Gasteiger partial charge in [-0.1, -0.05) is 33.6 Å². The number of aliphatic hydroxyl groups excluding tert-OH is 1. The minimum absolute atomic E-state index is 0.477. The van der Waals surface area contributed by atoms with Crippen LogP contribution in [-0.4, -0.2) is 10.1 Å². The maximum absolute atomic E-state index is 10.1. The van der Waals surface area contributed by atoms with E-state index in [-0.39, 0.29) is 0 Å². The summed E-state index contributed by atoms with van der Waals surface area (Å²) in [6.45, 7) is 2.02. The summed E-state index contributed by atoms with van der Waals surface area (Å²) in [5.74, 6) is 0. The second kappa shape index (κ2) is 5.08. The molecule has 0 bridgehead atoms. The molecular weight excluding hydrogens is 286 g/mol. The fraction of sp³-hybridized carbons (Fsp3) is 0.250. The number of aryl methyl sites for hydroxylation is 1. The van der Waals surface area contributed by atoms with Gasteiger partial charge in [-0.3, -0.25) is 4.98 Å². The van der Waals surface area contributed by atoms with E-state index >= 15 is 0 Å². The lowest BCUT2D eigenvalue weighted by molar-refractivity contribution is 0.178. The summed E-state index contributed by atoms with van der Waals surface area (Å²) in [4.78, 5) is 5.10. The Balaban J connectivity index is 2.20. The van der Waals surface area contributed by atoms with Gasteiger partial charge in [-0.05, 0) is 18.6 Å². The van der Waals surface area contributed by atoms with Gasteiger partial charge in [0.15, 0.2) is 0 Å². The van der Waals surface area contributed by atoms with Gasteiger partial charge in [0.25, 0.3) is 0 Å². The van der Waals surface area contributed by atoms with E-state index in [1.807, 2.05) is 25.1 Å². The van der Waals surface area contributed by atoms with Gasteiger partial charge < -0.3 is 5.11 Å². The van der Waals surface area contributed by atoms with Gasteiger partial charge in [0.2, 0.25) is 0 Å². The fourth-order valence-corrected chi connectivity index (χ4v) is 2.71. The topological polar surface area (TPSA) is 33.1 Å². The predicted molar refractivity (Wildman–Crippen MR) is 69.7 cm³/mol. The van der Waals surface area contributed by atoms with Crippen molar-refractivity contribution in [1.29, 1.82) is 0 Å². The molecule has 16 heavy (non-hydrogen) atoms. The van der Waals surface area contributed by atoms with Crippen molar-refractivity contribution in [2.45, 2.75) is 19.4 Å². The standard InChI is InChI=1S/C12H12BrNOS/c1-8-2-3-11(13)10(4-8)12(15)5-9-6-14-7-16-9/h2-4,6-7,12,15H,5H2,1H3. The molecule has 1 heterocycles. The molecular formula is C12H12BrNOS. The van der Waals surface area contributed by atoms with Crippen LogP contribution in [0.1, 0.15) is 22.1 Å². The van der Waals surface area contributed by atoms with E-state index in [9.17, 15) is 5.11 Å². The quantitative estimate of drug-likeness (QED) is 0.941. The molecule has 4 heteroatoms. The molecule has 0 aliphatic carbocycles.